The second-order valence-corrected chi connectivity index (χ2v) is 5.99. The van der Waals surface area contributed by atoms with E-state index in [-0.39, 0.29) is 6.61 Å². The quantitative estimate of drug-likeness (QED) is 0.854. The zero-order chi connectivity index (χ0) is 13.9. The van der Waals surface area contributed by atoms with E-state index in [4.69, 9.17) is 4.42 Å². The van der Waals surface area contributed by atoms with E-state index in [1.165, 1.54) is 12.8 Å². The first-order chi connectivity index (χ1) is 9.80. The van der Waals surface area contributed by atoms with Gasteiger partial charge >= 0.3 is 0 Å². The Morgan fingerprint density at radius 1 is 1.35 bits per heavy atom. The average molecular weight is 279 g/mol. The Balaban J connectivity index is 1.47. The van der Waals surface area contributed by atoms with Crippen LogP contribution in [0.3, 0.4) is 0 Å². The molecule has 3 rings (SSSR count). The molecule has 1 atom stereocenters. The van der Waals surface area contributed by atoms with Gasteiger partial charge in [0.1, 0.15) is 5.76 Å². The van der Waals surface area contributed by atoms with Crippen molar-refractivity contribution in [1.82, 2.24) is 14.8 Å². The Labute approximate surface area is 120 Å². The van der Waals surface area contributed by atoms with E-state index >= 15 is 0 Å². The van der Waals surface area contributed by atoms with Gasteiger partial charge in [-0.2, -0.15) is 0 Å². The van der Waals surface area contributed by atoms with Gasteiger partial charge in [-0.15, -0.1) is 0 Å². The summed E-state index contributed by atoms with van der Waals surface area (Å²) in [7, 11) is 0. The van der Waals surface area contributed by atoms with E-state index < -0.39 is 0 Å². The summed E-state index contributed by atoms with van der Waals surface area (Å²) >= 11 is 0. The van der Waals surface area contributed by atoms with Crippen LogP contribution in [0.25, 0.3) is 0 Å². The molecule has 0 aromatic carbocycles. The standard InChI is InChI=1S/C15H25N3O2/c1-2-13(11-19)18-7-5-17(6-8-18)10-15-16-9-14(20-15)12-3-4-12/h9,12-13,19H,2-8,10-11H2,1H3/t13-/m1/s1. The van der Waals surface area contributed by atoms with E-state index in [0.29, 0.717) is 12.0 Å². The molecule has 0 bridgehead atoms. The summed E-state index contributed by atoms with van der Waals surface area (Å²) < 4.78 is 5.82. The first-order valence-electron chi connectivity index (χ1n) is 7.82. The fraction of sp³-hybridized carbons (Fsp3) is 0.800. The van der Waals surface area contributed by atoms with Gasteiger partial charge in [0.15, 0.2) is 0 Å². The molecule has 0 amide bonds. The maximum absolute atomic E-state index is 9.36. The van der Waals surface area contributed by atoms with Gasteiger partial charge in [0, 0.05) is 38.1 Å². The van der Waals surface area contributed by atoms with Crippen molar-refractivity contribution in [3.63, 3.8) is 0 Å². The van der Waals surface area contributed by atoms with Crippen molar-refractivity contribution in [3.05, 3.63) is 17.8 Å². The molecule has 0 spiro atoms. The van der Waals surface area contributed by atoms with Crippen molar-refractivity contribution in [3.8, 4) is 0 Å². The molecule has 1 saturated carbocycles. The van der Waals surface area contributed by atoms with Crippen molar-refractivity contribution < 1.29 is 9.52 Å². The second-order valence-electron chi connectivity index (χ2n) is 5.99. The van der Waals surface area contributed by atoms with Crippen molar-refractivity contribution in [2.24, 2.45) is 0 Å². The van der Waals surface area contributed by atoms with E-state index in [9.17, 15) is 5.11 Å². The molecular weight excluding hydrogens is 254 g/mol. The molecule has 112 valence electrons. The number of aliphatic hydroxyl groups is 1. The molecule has 1 saturated heterocycles. The molecule has 1 aromatic heterocycles. The molecule has 5 nitrogen and oxygen atoms in total. The van der Waals surface area contributed by atoms with Crippen LogP contribution in [-0.4, -0.2) is 58.7 Å². The number of piperazine rings is 1. The van der Waals surface area contributed by atoms with Crippen LogP contribution in [0, 0.1) is 0 Å². The molecule has 1 aliphatic heterocycles. The summed E-state index contributed by atoms with van der Waals surface area (Å²) in [6.45, 7) is 7.32. The van der Waals surface area contributed by atoms with Crippen LogP contribution in [0.1, 0.15) is 43.8 Å². The molecule has 1 aromatic rings. The number of oxazole rings is 1. The number of hydrogen-bond donors (Lipinski definition) is 1. The SMILES string of the molecule is CC[C@H](CO)N1CCN(Cc2ncc(C3CC3)o2)CC1. The Bertz CT molecular complexity index is 419. The summed E-state index contributed by atoms with van der Waals surface area (Å²) in [5.41, 5.74) is 0. The highest BCUT2D eigenvalue weighted by atomic mass is 16.4. The third-order valence-electron chi connectivity index (χ3n) is 4.52. The van der Waals surface area contributed by atoms with Crippen LogP contribution in [0.15, 0.2) is 10.6 Å². The van der Waals surface area contributed by atoms with Crippen LogP contribution in [0.2, 0.25) is 0 Å². The van der Waals surface area contributed by atoms with Gasteiger partial charge in [-0.25, -0.2) is 4.98 Å². The third kappa shape index (κ3) is 3.22. The number of rotatable bonds is 6. The van der Waals surface area contributed by atoms with Gasteiger partial charge in [0.05, 0.1) is 19.3 Å². The molecule has 0 radical (unpaired) electrons. The Hall–Kier alpha value is -0.910. The minimum atomic E-state index is 0.265. The lowest BCUT2D eigenvalue weighted by Gasteiger charge is -2.37. The zero-order valence-electron chi connectivity index (χ0n) is 12.3. The van der Waals surface area contributed by atoms with Crippen LogP contribution < -0.4 is 0 Å². The summed E-state index contributed by atoms with van der Waals surface area (Å²) in [6.07, 6.45) is 5.43. The van der Waals surface area contributed by atoms with Gasteiger partial charge in [0.2, 0.25) is 5.89 Å². The maximum Gasteiger partial charge on any atom is 0.208 e. The molecular formula is C15H25N3O2. The Kier molecular flexibility index (Phi) is 4.38. The maximum atomic E-state index is 9.36. The van der Waals surface area contributed by atoms with Gasteiger partial charge in [0.25, 0.3) is 0 Å². The van der Waals surface area contributed by atoms with E-state index in [1.54, 1.807) is 0 Å². The van der Waals surface area contributed by atoms with E-state index in [1.807, 2.05) is 6.20 Å². The molecule has 2 fully saturated rings. The minimum Gasteiger partial charge on any atom is -0.444 e. The highest BCUT2D eigenvalue weighted by Crippen LogP contribution is 2.40. The van der Waals surface area contributed by atoms with Gasteiger partial charge in [-0.1, -0.05) is 6.92 Å². The summed E-state index contributed by atoms with van der Waals surface area (Å²) in [6, 6.07) is 0.320. The third-order valence-corrected chi connectivity index (χ3v) is 4.52. The molecule has 5 heteroatoms. The topological polar surface area (TPSA) is 52.7 Å². The van der Waals surface area contributed by atoms with E-state index in [2.05, 4.69) is 21.7 Å². The highest BCUT2D eigenvalue weighted by molar-refractivity contribution is 5.08. The summed E-state index contributed by atoms with van der Waals surface area (Å²) in [5.74, 6) is 2.57. The fourth-order valence-corrected chi connectivity index (χ4v) is 2.93. The van der Waals surface area contributed by atoms with Crippen molar-refractivity contribution in [2.75, 3.05) is 32.8 Å². The predicted molar refractivity (Wildman–Crippen MR) is 76.5 cm³/mol. The van der Waals surface area contributed by atoms with Crippen LogP contribution in [0.5, 0.6) is 0 Å². The zero-order valence-corrected chi connectivity index (χ0v) is 12.3. The van der Waals surface area contributed by atoms with Crippen LogP contribution in [0.4, 0.5) is 0 Å². The van der Waals surface area contributed by atoms with Gasteiger partial charge in [-0.05, 0) is 19.3 Å². The smallest absolute Gasteiger partial charge is 0.208 e. The molecule has 2 heterocycles. The number of nitrogens with zero attached hydrogens (tertiary/aromatic N) is 3. The van der Waals surface area contributed by atoms with Crippen molar-refractivity contribution >= 4 is 0 Å². The molecule has 20 heavy (non-hydrogen) atoms. The first-order valence-corrected chi connectivity index (χ1v) is 7.82. The fourth-order valence-electron chi connectivity index (χ4n) is 2.93. The molecule has 2 aliphatic rings. The highest BCUT2D eigenvalue weighted by Gasteiger charge is 2.28. The minimum absolute atomic E-state index is 0.265. The summed E-state index contributed by atoms with van der Waals surface area (Å²) in [4.78, 5) is 9.18. The lowest BCUT2D eigenvalue weighted by molar-refractivity contribution is 0.0575. The number of aliphatic hydroxyl groups excluding tert-OH is 1. The van der Waals surface area contributed by atoms with Crippen LogP contribution >= 0.6 is 0 Å². The monoisotopic (exact) mass is 279 g/mol. The first kappa shape index (κ1) is 14.0. The van der Waals surface area contributed by atoms with E-state index in [0.717, 1.165) is 50.8 Å². The van der Waals surface area contributed by atoms with Crippen molar-refractivity contribution in [1.29, 1.82) is 0 Å². The molecule has 1 N–H and O–H groups in total. The largest absolute Gasteiger partial charge is 0.444 e. The Morgan fingerprint density at radius 3 is 2.70 bits per heavy atom. The van der Waals surface area contributed by atoms with Crippen LogP contribution in [-0.2, 0) is 6.54 Å². The lowest BCUT2D eigenvalue weighted by atomic mass is 10.1. The number of hydrogen-bond acceptors (Lipinski definition) is 5. The Morgan fingerprint density at radius 2 is 2.10 bits per heavy atom. The molecule has 0 unspecified atom stereocenters. The average Bonchev–Trinajstić information content (AvgIpc) is 3.23. The predicted octanol–water partition coefficient (Wildman–Crippen LogP) is 1.44. The summed E-state index contributed by atoms with van der Waals surface area (Å²) in [5, 5.41) is 9.36. The molecule has 1 aliphatic carbocycles. The second kappa shape index (κ2) is 6.24. The van der Waals surface area contributed by atoms with Gasteiger partial charge < -0.3 is 9.52 Å². The lowest BCUT2D eigenvalue weighted by Crippen LogP contribution is -2.50. The number of aromatic nitrogens is 1. The van der Waals surface area contributed by atoms with Gasteiger partial charge in [-0.3, -0.25) is 9.80 Å². The van der Waals surface area contributed by atoms with Crippen molar-refractivity contribution in [2.45, 2.75) is 44.7 Å². The normalized spacial score (nSPS) is 23.1.